The predicted molar refractivity (Wildman–Crippen MR) is 73.0 cm³/mol. The quantitative estimate of drug-likeness (QED) is 0.789. The van der Waals surface area contributed by atoms with Crippen LogP contribution in [0.3, 0.4) is 0 Å². The first-order valence-corrected chi connectivity index (χ1v) is 6.81. The van der Waals surface area contributed by atoms with Gasteiger partial charge in [0.25, 0.3) is 0 Å². The van der Waals surface area contributed by atoms with Crippen LogP contribution in [0, 0.1) is 11.3 Å². The van der Waals surface area contributed by atoms with Gasteiger partial charge >= 0.3 is 6.09 Å². The molecule has 1 aliphatic heterocycles. The molecule has 0 atom stereocenters. The zero-order chi connectivity index (χ0) is 14.8. The lowest BCUT2D eigenvalue weighted by Crippen LogP contribution is -2.42. The van der Waals surface area contributed by atoms with Gasteiger partial charge in [-0.3, -0.25) is 4.68 Å². The maximum atomic E-state index is 11.9. The van der Waals surface area contributed by atoms with E-state index in [1.807, 2.05) is 25.5 Å². The fourth-order valence-electron chi connectivity index (χ4n) is 2.23. The van der Waals surface area contributed by atoms with E-state index in [0.717, 1.165) is 12.8 Å². The van der Waals surface area contributed by atoms with E-state index in [-0.39, 0.29) is 12.1 Å². The van der Waals surface area contributed by atoms with Crippen molar-refractivity contribution in [3.8, 4) is 6.07 Å². The zero-order valence-corrected chi connectivity index (χ0v) is 12.2. The fourth-order valence-corrected chi connectivity index (χ4v) is 2.23. The van der Waals surface area contributed by atoms with Crippen molar-refractivity contribution in [2.45, 2.75) is 45.3 Å². The van der Waals surface area contributed by atoms with Crippen molar-refractivity contribution in [1.82, 2.24) is 14.7 Å². The van der Waals surface area contributed by atoms with Crippen molar-refractivity contribution in [3.05, 3.63) is 18.0 Å². The Labute approximate surface area is 118 Å². The lowest BCUT2D eigenvalue weighted by Gasteiger charge is -2.33. The summed E-state index contributed by atoms with van der Waals surface area (Å²) in [4.78, 5) is 13.7. The van der Waals surface area contributed by atoms with Crippen LogP contribution >= 0.6 is 0 Å². The Bertz CT molecular complexity index is 516. The highest BCUT2D eigenvalue weighted by molar-refractivity contribution is 5.68. The third kappa shape index (κ3) is 3.50. The number of hydrogen-bond donors (Lipinski definition) is 0. The van der Waals surface area contributed by atoms with Crippen LogP contribution in [0.1, 0.15) is 45.2 Å². The molecule has 0 unspecified atom stereocenters. The SMILES string of the molecule is CC(C)(C)OC(=O)N1CCC(n2cc(C#N)cn2)CC1. The normalized spacial score (nSPS) is 16.8. The maximum absolute atomic E-state index is 11.9. The fraction of sp³-hybridized carbons (Fsp3) is 0.643. The van der Waals surface area contributed by atoms with Gasteiger partial charge in [-0.25, -0.2) is 4.79 Å². The molecule has 6 heteroatoms. The van der Waals surface area contributed by atoms with Crippen LogP contribution in [0.5, 0.6) is 0 Å². The van der Waals surface area contributed by atoms with E-state index in [4.69, 9.17) is 10.00 Å². The Hall–Kier alpha value is -2.03. The van der Waals surface area contributed by atoms with Crippen molar-refractivity contribution in [1.29, 1.82) is 5.26 Å². The van der Waals surface area contributed by atoms with Crippen molar-refractivity contribution in [2.24, 2.45) is 0 Å². The largest absolute Gasteiger partial charge is 0.444 e. The number of nitrogens with zero attached hydrogens (tertiary/aromatic N) is 4. The summed E-state index contributed by atoms with van der Waals surface area (Å²) in [6.07, 6.45) is 4.72. The van der Waals surface area contributed by atoms with Crippen LogP contribution in [-0.2, 0) is 4.74 Å². The minimum absolute atomic E-state index is 0.246. The lowest BCUT2D eigenvalue weighted by molar-refractivity contribution is 0.0185. The second-order valence-corrected chi connectivity index (χ2v) is 6.02. The van der Waals surface area contributed by atoms with Gasteiger partial charge in [0.2, 0.25) is 0 Å². The number of hydrogen-bond acceptors (Lipinski definition) is 4. The third-order valence-corrected chi connectivity index (χ3v) is 3.22. The standard InChI is InChI=1S/C14H20N4O2/c1-14(2,3)20-13(19)17-6-4-12(5-7-17)18-10-11(8-15)9-16-18/h9-10,12H,4-7H2,1-3H3. The van der Waals surface area contributed by atoms with Gasteiger partial charge in [0.15, 0.2) is 0 Å². The van der Waals surface area contributed by atoms with E-state index < -0.39 is 5.60 Å². The van der Waals surface area contributed by atoms with Gasteiger partial charge in [-0.05, 0) is 33.6 Å². The summed E-state index contributed by atoms with van der Waals surface area (Å²) in [6.45, 7) is 6.91. The first-order valence-electron chi connectivity index (χ1n) is 6.81. The second-order valence-electron chi connectivity index (χ2n) is 6.02. The number of carbonyl (C=O) groups excluding carboxylic acids is 1. The van der Waals surface area contributed by atoms with E-state index in [1.165, 1.54) is 0 Å². The van der Waals surface area contributed by atoms with Crippen molar-refractivity contribution in [3.63, 3.8) is 0 Å². The van der Waals surface area contributed by atoms with E-state index >= 15 is 0 Å². The summed E-state index contributed by atoms with van der Waals surface area (Å²) < 4.78 is 7.19. The average molecular weight is 276 g/mol. The molecule has 0 radical (unpaired) electrons. The van der Waals surface area contributed by atoms with Crippen LogP contribution in [0.4, 0.5) is 4.79 Å². The third-order valence-electron chi connectivity index (χ3n) is 3.22. The molecule has 0 saturated carbocycles. The number of amides is 1. The van der Waals surface area contributed by atoms with Crippen LogP contribution < -0.4 is 0 Å². The van der Waals surface area contributed by atoms with Crippen molar-refractivity contribution in [2.75, 3.05) is 13.1 Å². The Balaban J connectivity index is 1.89. The first kappa shape index (κ1) is 14.4. The summed E-state index contributed by atoms with van der Waals surface area (Å²) in [5, 5.41) is 13.0. The molecular formula is C14H20N4O2. The molecule has 0 aromatic carbocycles. The number of likely N-dealkylation sites (tertiary alicyclic amines) is 1. The van der Waals surface area contributed by atoms with Gasteiger partial charge < -0.3 is 9.64 Å². The lowest BCUT2D eigenvalue weighted by atomic mass is 10.1. The topological polar surface area (TPSA) is 71.2 Å². The summed E-state index contributed by atoms with van der Waals surface area (Å²) in [6, 6.07) is 2.32. The Morgan fingerprint density at radius 3 is 2.60 bits per heavy atom. The summed E-state index contributed by atoms with van der Waals surface area (Å²) in [5.41, 5.74) is 0.108. The summed E-state index contributed by atoms with van der Waals surface area (Å²) in [5.74, 6) is 0. The molecule has 1 amide bonds. The molecule has 2 rings (SSSR count). The zero-order valence-electron chi connectivity index (χ0n) is 12.2. The van der Waals surface area contributed by atoms with E-state index in [0.29, 0.717) is 18.7 Å². The Morgan fingerprint density at radius 1 is 1.45 bits per heavy atom. The van der Waals surface area contributed by atoms with Crippen LogP contribution in [0.2, 0.25) is 0 Å². The van der Waals surface area contributed by atoms with Crippen LogP contribution in [-0.4, -0.2) is 39.5 Å². The maximum Gasteiger partial charge on any atom is 0.410 e. The molecule has 0 spiro atoms. The van der Waals surface area contributed by atoms with E-state index in [2.05, 4.69) is 11.2 Å². The number of carbonyl (C=O) groups is 1. The molecule has 0 aliphatic carbocycles. The number of rotatable bonds is 1. The van der Waals surface area contributed by atoms with Crippen LogP contribution in [0.15, 0.2) is 12.4 Å². The molecule has 1 aromatic rings. The molecule has 2 heterocycles. The number of ether oxygens (including phenoxy) is 1. The molecule has 0 N–H and O–H groups in total. The molecule has 0 bridgehead atoms. The monoisotopic (exact) mass is 276 g/mol. The highest BCUT2D eigenvalue weighted by Crippen LogP contribution is 2.23. The number of aromatic nitrogens is 2. The van der Waals surface area contributed by atoms with Gasteiger partial charge in [-0.1, -0.05) is 0 Å². The van der Waals surface area contributed by atoms with E-state index in [1.54, 1.807) is 17.3 Å². The molecular weight excluding hydrogens is 256 g/mol. The van der Waals surface area contributed by atoms with E-state index in [9.17, 15) is 4.79 Å². The summed E-state index contributed by atoms with van der Waals surface area (Å²) >= 11 is 0. The molecule has 1 saturated heterocycles. The molecule has 108 valence electrons. The van der Waals surface area contributed by atoms with Gasteiger partial charge in [-0.15, -0.1) is 0 Å². The molecule has 1 aliphatic rings. The minimum Gasteiger partial charge on any atom is -0.444 e. The molecule has 20 heavy (non-hydrogen) atoms. The Morgan fingerprint density at radius 2 is 2.10 bits per heavy atom. The number of nitriles is 1. The molecule has 6 nitrogen and oxygen atoms in total. The van der Waals surface area contributed by atoms with Gasteiger partial charge in [0.1, 0.15) is 11.7 Å². The van der Waals surface area contributed by atoms with Crippen molar-refractivity contribution >= 4 is 6.09 Å². The van der Waals surface area contributed by atoms with Gasteiger partial charge in [0.05, 0.1) is 17.8 Å². The summed E-state index contributed by atoms with van der Waals surface area (Å²) in [7, 11) is 0. The van der Waals surface area contributed by atoms with Crippen LogP contribution in [0.25, 0.3) is 0 Å². The predicted octanol–water partition coefficient (Wildman–Crippen LogP) is 2.33. The van der Waals surface area contributed by atoms with Gasteiger partial charge in [-0.2, -0.15) is 10.4 Å². The average Bonchev–Trinajstić information content (AvgIpc) is 2.85. The van der Waals surface area contributed by atoms with Gasteiger partial charge in [0, 0.05) is 19.3 Å². The highest BCUT2D eigenvalue weighted by atomic mass is 16.6. The Kier molecular flexibility index (Phi) is 3.98. The van der Waals surface area contributed by atoms with Crippen molar-refractivity contribution < 1.29 is 9.53 Å². The second kappa shape index (κ2) is 5.53. The molecule has 1 aromatic heterocycles. The number of piperidine rings is 1. The smallest absolute Gasteiger partial charge is 0.410 e. The first-order chi connectivity index (χ1) is 9.39. The highest BCUT2D eigenvalue weighted by Gasteiger charge is 2.27. The molecule has 1 fully saturated rings. The minimum atomic E-state index is -0.461.